The van der Waals surface area contributed by atoms with E-state index < -0.39 is 29.3 Å². The van der Waals surface area contributed by atoms with Crippen LogP contribution in [0.3, 0.4) is 0 Å². The number of aryl methyl sites for hydroxylation is 2. The molecule has 80 heavy (non-hydrogen) atoms. The molecule has 0 saturated carbocycles. The summed E-state index contributed by atoms with van der Waals surface area (Å²) in [5.74, 6) is 0.386. The maximum Gasteiger partial charge on any atom is 0.249 e. The van der Waals surface area contributed by atoms with Crippen LogP contribution in [0.4, 0.5) is 11.4 Å². The van der Waals surface area contributed by atoms with E-state index in [2.05, 4.69) is 57.2 Å². The molecule has 412 valence electrons. The smallest absolute Gasteiger partial charge is 0.249 e. The van der Waals surface area contributed by atoms with Crippen LogP contribution in [-0.4, -0.2) is 106 Å². The molecule has 0 saturated heterocycles. The zero-order chi connectivity index (χ0) is 56.4. The highest BCUT2D eigenvalue weighted by Crippen LogP contribution is 2.34. The van der Waals surface area contributed by atoms with Gasteiger partial charge in [0.25, 0.3) is 0 Å². The van der Waals surface area contributed by atoms with E-state index in [0.29, 0.717) is 57.0 Å². The van der Waals surface area contributed by atoms with Crippen molar-refractivity contribution in [3.63, 3.8) is 0 Å². The number of fused-ring (bicyclic) bond motifs is 2. The van der Waals surface area contributed by atoms with E-state index in [4.69, 9.17) is 5.73 Å². The van der Waals surface area contributed by atoms with E-state index in [1.165, 1.54) is 0 Å². The summed E-state index contributed by atoms with van der Waals surface area (Å²) in [7, 11) is 0. The Morgan fingerprint density at radius 1 is 0.600 bits per heavy atom. The van der Waals surface area contributed by atoms with Gasteiger partial charge in [-0.2, -0.15) is 10.4 Å². The fourth-order valence-corrected chi connectivity index (χ4v) is 10.2. The van der Waals surface area contributed by atoms with Gasteiger partial charge in [-0.1, -0.05) is 133 Å². The van der Waals surface area contributed by atoms with Gasteiger partial charge >= 0.3 is 0 Å². The van der Waals surface area contributed by atoms with Crippen LogP contribution in [0.15, 0.2) is 146 Å². The van der Waals surface area contributed by atoms with Crippen LogP contribution in [0.1, 0.15) is 82.6 Å². The molecular formula is C61H68N14O5. The SMILES string of the molecule is CC(C)(N)CC(=O)N[C@@H]1CCc2ccccc2N(Cc2ccc(-c3ccccc3-c3nn[nH]n3)cc2)C1=O.C[C@@H](O)CNC(C)(C)CC(=O)N[C@@H]1CCc2ccccc2N(Cc2ccc(-c3ccccc3-c3nn[nH]n3)cc2)C1=O. The molecule has 0 aliphatic carbocycles. The molecule has 19 heteroatoms. The number of hydrogen-bond donors (Lipinski definition) is 7. The molecule has 6 aromatic carbocycles. The number of nitrogens with one attached hydrogen (secondary N) is 5. The lowest BCUT2D eigenvalue weighted by molar-refractivity contribution is -0.128. The maximum atomic E-state index is 13.9. The molecule has 19 nitrogen and oxygen atoms in total. The Hall–Kier alpha value is -8.78. The lowest BCUT2D eigenvalue weighted by Gasteiger charge is -2.29. The Morgan fingerprint density at radius 3 is 1.40 bits per heavy atom. The van der Waals surface area contributed by atoms with Crippen molar-refractivity contribution in [1.82, 2.24) is 57.2 Å². The number of nitrogens with two attached hydrogens (primary N) is 1. The van der Waals surface area contributed by atoms with Gasteiger partial charge in [0.15, 0.2) is 0 Å². The van der Waals surface area contributed by atoms with E-state index in [1.54, 1.807) is 30.6 Å². The predicted molar refractivity (Wildman–Crippen MR) is 307 cm³/mol. The average Bonchev–Trinajstić information content (AvgIpc) is 4.22. The second-order valence-electron chi connectivity index (χ2n) is 21.8. The standard InChI is InChI=1S/C32H37N7O3.C29H31N7O2/c1-21(40)19-33-32(2,3)18-29(41)34-27-17-16-24-8-4-7-11-28(24)39(31(27)42)20-22-12-14-23(15-13-22)25-9-5-6-10-26(25)30-35-37-38-36-30;1-29(2,30)17-26(37)31-24-16-15-21-7-3-6-10-25(21)36(28(24)38)18-19-11-13-20(14-12-19)22-8-4-5-9-23(22)27-32-34-35-33-27/h4-15,21,27,33,40H,16-20H2,1-3H3,(H,34,41)(H,35,36,37,38);3-14,24H,15-18,30H2,1-2H3,(H,31,37)(H,32,33,34,35)/t21-,27-;24-/m11/s1. The zero-order valence-corrected chi connectivity index (χ0v) is 45.7. The Kier molecular flexibility index (Phi) is 17.4. The summed E-state index contributed by atoms with van der Waals surface area (Å²) in [5, 5.41) is 47.7. The summed E-state index contributed by atoms with van der Waals surface area (Å²) in [5.41, 5.74) is 16.4. The van der Waals surface area contributed by atoms with Gasteiger partial charge < -0.3 is 36.6 Å². The molecule has 3 atom stereocenters. The van der Waals surface area contributed by atoms with Gasteiger partial charge in [-0.15, -0.1) is 20.4 Å². The molecule has 0 fully saturated rings. The van der Waals surface area contributed by atoms with E-state index >= 15 is 0 Å². The second-order valence-corrected chi connectivity index (χ2v) is 21.8. The number of aromatic amines is 2. The molecule has 2 aliphatic rings. The van der Waals surface area contributed by atoms with Crippen molar-refractivity contribution in [1.29, 1.82) is 0 Å². The summed E-state index contributed by atoms with van der Waals surface area (Å²) in [6.45, 7) is 10.3. The molecule has 2 aliphatic heterocycles. The minimum absolute atomic E-state index is 0.121. The number of aliphatic hydroxyl groups excluding tert-OH is 1. The Balaban J connectivity index is 0.000000195. The number of tetrazole rings is 2. The lowest BCUT2D eigenvalue weighted by atomic mass is 9.98. The number of para-hydroxylation sites is 2. The van der Waals surface area contributed by atoms with Crippen LogP contribution in [0.5, 0.6) is 0 Å². The molecule has 2 aromatic heterocycles. The van der Waals surface area contributed by atoms with Crippen molar-refractivity contribution < 1.29 is 24.3 Å². The van der Waals surface area contributed by atoms with Crippen molar-refractivity contribution >= 4 is 35.0 Å². The van der Waals surface area contributed by atoms with Crippen LogP contribution in [0, 0.1) is 0 Å². The third kappa shape index (κ3) is 14.1. The summed E-state index contributed by atoms with van der Waals surface area (Å²) >= 11 is 0. The summed E-state index contributed by atoms with van der Waals surface area (Å²) in [4.78, 5) is 56.9. The third-order valence-corrected chi connectivity index (χ3v) is 14.1. The van der Waals surface area contributed by atoms with Gasteiger partial charge in [0.05, 0.1) is 19.2 Å². The zero-order valence-electron chi connectivity index (χ0n) is 45.7. The number of hydrogen-bond acceptors (Lipinski definition) is 13. The molecule has 0 bridgehead atoms. The second kappa shape index (κ2) is 24.9. The summed E-state index contributed by atoms with van der Waals surface area (Å²) < 4.78 is 0. The first-order valence-electron chi connectivity index (χ1n) is 26.9. The number of H-pyrrole nitrogens is 2. The number of amides is 4. The molecule has 4 heterocycles. The van der Waals surface area contributed by atoms with E-state index in [9.17, 15) is 24.3 Å². The minimum atomic E-state index is -0.648. The molecule has 0 unspecified atom stereocenters. The fraction of sp³-hybridized carbons (Fsp3) is 0.311. The van der Waals surface area contributed by atoms with Crippen molar-refractivity contribution in [3.05, 3.63) is 168 Å². The summed E-state index contributed by atoms with van der Waals surface area (Å²) in [6.07, 6.45) is 2.25. The minimum Gasteiger partial charge on any atom is -0.392 e. The van der Waals surface area contributed by atoms with E-state index in [1.807, 2.05) is 159 Å². The molecule has 0 spiro atoms. The number of aromatic nitrogens is 8. The summed E-state index contributed by atoms with van der Waals surface area (Å²) in [6, 6.07) is 46.6. The number of benzene rings is 6. The molecule has 8 N–H and O–H groups in total. The normalized spacial score (nSPS) is 15.8. The highest BCUT2D eigenvalue weighted by molar-refractivity contribution is 6.01. The van der Waals surface area contributed by atoms with Crippen LogP contribution < -0.4 is 31.5 Å². The average molecular weight is 1080 g/mol. The quantitative estimate of drug-likeness (QED) is 0.0474. The van der Waals surface area contributed by atoms with Crippen molar-refractivity contribution in [3.8, 4) is 45.0 Å². The molecule has 0 radical (unpaired) electrons. The number of carbonyl (C=O) groups excluding carboxylic acids is 4. The number of anilines is 2. The van der Waals surface area contributed by atoms with Crippen molar-refractivity contribution in [2.75, 3.05) is 16.3 Å². The largest absolute Gasteiger partial charge is 0.392 e. The highest BCUT2D eigenvalue weighted by atomic mass is 16.3. The van der Waals surface area contributed by atoms with Gasteiger partial charge in [-0.3, -0.25) is 19.2 Å². The first-order valence-corrected chi connectivity index (χ1v) is 26.9. The highest BCUT2D eigenvalue weighted by Gasteiger charge is 2.34. The van der Waals surface area contributed by atoms with Gasteiger partial charge in [0, 0.05) is 53.0 Å². The number of nitrogens with zero attached hydrogens (tertiary/aromatic N) is 8. The maximum absolute atomic E-state index is 13.9. The third-order valence-electron chi connectivity index (χ3n) is 14.1. The van der Waals surface area contributed by atoms with Crippen LogP contribution >= 0.6 is 0 Å². The van der Waals surface area contributed by atoms with Crippen molar-refractivity contribution in [2.24, 2.45) is 5.73 Å². The number of rotatable bonds is 17. The van der Waals surface area contributed by atoms with Gasteiger partial charge in [0.1, 0.15) is 12.1 Å². The van der Waals surface area contributed by atoms with Crippen LogP contribution in [0.25, 0.3) is 45.0 Å². The monoisotopic (exact) mass is 1080 g/mol. The molecular weight excluding hydrogens is 1010 g/mol. The predicted octanol–water partition coefficient (Wildman–Crippen LogP) is 7.26. The lowest BCUT2D eigenvalue weighted by Crippen LogP contribution is -2.51. The van der Waals surface area contributed by atoms with Crippen LogP contribution in [-0.2, 0) is 45.1 Å². The van der Waals surface area contributed by atoms with Crippen LogP contribution in [0.2, 0.25) is 0 Å². The first kappa shape index (κ1) is 56.0. The van der Waals surface area contributed by atoms with Gasteiger partial charge in [-0.05, 0) is 127 Å². The first-order chi connectivity index (χ1) is 38.5. The fourth-order valence-electron chi connectivity index (χ4n) is 10.2. The van der Waals surface area contributed by atoms with E-state index in [-0.39, 0.29) is 36.5 Å². The molecule has 10 rings (SSSR count). The van der Waals surface area contributed by atoms with E-state index in [0.717, 1.165) is 67.0 Å². The number of aliphatic hydroxyl groups is 1. The Morgan fingerprint density at radius 2 is 1.00 bits per heavy atom. The van der Waals surface area contributed by atoms with Crippen molar-refractivity contribution in [2.45, 2.75) is 115 Å². The Labute approximate surface area is 465 Å². The number of carbonyl (C=O) groups is 4. The topological polar surface area (TPSA) is 266 Å². The molecule has 8 aromatic rings. The van der Waals surface area contributed by atoms with Gasteiger partial charge in [-0.25, -0.2) is 0 Å². The van der Waals surface area contributed by atoms with Gasteiger partial charge in [0.2, 0.25) is 35.3 Å². The Bertz CT molecular complexity index is 3390. The number of β-amino-alcohol motifs (C(OH)–C–C–N with tert-alkyl or cyclic N) is 1. The molecule has 4 amide bonds.